The van der Waals surface area contributed by atoms with Gasteiger partial charge in [0.05, 0.1) is 19.3 Å². The molecule has 0 spiro atoms. The SMILES string of the molecule is CCCN(c1ccc(C(N)=O)nn1)C1COCC1C(=O)O. The maximum absolute atomic E-state index is 11.3. The van der Waals surface area contributed by atoms with Crippen LogP contribution in [0.5, 0.6) is 0 Å². The largest absolute Gasteiger partial charge is 0.481 e. The van der Waals surface area contributed by atoms with Crippen molar-refractivity contribution in [2.45, 2.75) is 19.4 Å². The first kappa shape index (κ1) is 15.2. The van der Waals surface area contributed by atoms with E-state index in [-0.39, 0.29) is 18.3 Å². The molecule has 1 amide bonds. The summed E-state index contributed by atoms with van der Waals surface area (Å²) in [7, 11) is 0. The Balaban J connectivity index is 2.25. The summed E-state index contributed by atoms with van der Waals surface area (Å²) in [5, 5.41) is 17.0. The number of carbonyl (C=O) groups excluding carboxylic acids is 1. The highest BCUT2D eigenvalue weighted by molar-refractivity contribution is 5.90. The van der Waals surface area contributed by atoms with Crippen molar-refractivity contribution in [3.63, 3.8) is 0 Å². The molecule has 114 valence electrons. The molecule has 1 fully saturated rings. The Morgan fingerprint density at radius 2 is 2.19 bits per heavy atom. The number of anilines is 1. The van der Waals surface area contributed by atoms with E-state index in [1.807, 2.05) is 11.8 Å². The van der Waals surface area contributed by atoms with Gasteiger partial charge < -0.3 is 20.5 Å². The van der Waals surface area contributed by atoms with E-state index < -0.39 is 17.8 Å². The van der Waals surface area contributed by atoms with Crippen molar-refractivity contribution in [2.24, 2.45) is 11.7 Å². The quantitative estimate of drug-likeness (QED) is 0.751. The zero-order valence-corrected chi connectivity index (χ0v) is 11.7. The molecule has 2 rings (SSSR count). The highest BCUT2D eigenvalue weighted by atomic mass is 16.5. The lowest BCUT2D eigenvalue weighted by Gasteiger charge is -2.30. The van der Waals surface area contributed by atoms with Gasteiger partial charge in [0.1, 0.15) is 5.92 Å². The van der Waals surface area contributed by atoms with Crippen molar-refractivity contribution in [2.75, 3.05) is 24.7 Å². The fourth-order valence-corrected chi connectivity index (χ4v) is 2.39. The smallest absolute Gasteiger partial charge is 0.311 e. The molecule has 1 aliphatic heterocycles. The minimum Gasteiger partial charge on any atom is -0.481 e. The molecule has 1 aromatic heterocycles. The van der Waals surface area contributed by atoms with Crippen LogP contribution in [0.25, 0.3) is 0 Å². The fourth-order valence-electron chi connectivity index (χ4n) is 2.39. The number of primary amides is 1. The average Bonchev–Trinajstić information content (AvgIpc) is 2.94. The summed E-state index contributed by atoms with van der Waals surface area (Å²) >= 11 is 0. The molecule has 8 nitrogen and oxygen atoms in total. The standard InChI is InChI=1S/C13H18N4O4/c1-2-5-17(10-7-21-6-8(10)13(19)20)11-4-3-9(12(14)18)15-16-11/h3-4,8,10H,2,5-7H2,1H3,(H2,14,18)(H,19,20). The number of nitrogens with zero attached hydrogens (tertiary/aromatic N) is 3. The number of hydrogen-bond acceptors (Lipinski definition) is 6. The third-order valence-corrected chi connectivity index (χ3v) is 3.43. The molecule has 1 aliphatic rings. The Hall–Kier alpha value is -2.22. The predicted octanol–water partition coefficient (Wildman–Crippen LogP) is -0.108. The van der Waals surface area contributed by atoms with Gasteiger partial charge in [-0.2, -0.15) is 0 Å². The van der Waals surface area contributed by atoms with Crippen molar-refractivity contribution in [3.05, 3.63) is 17.8 Å². The topological polar surface area (TPSA) is 119 Å². The first-order valence-corrected chi connectivity index (χ1v) is 6.75. The van der Waals surface area contributed by atoms with Crippen LogP contribution in [0.15, 0.2) is 12.1 Å². The third kappa shape index (κ3) is 3.27. The summed E-state index contributed by atoms with van der Waals surface area (Å²) in [6, 6.07) is 2.81. The molecule has 0 bridgehead atoms. The van der Waals surface area contributed by atoms with Gasteiger partial charge in [-0.15, -0.1) is 10.2 Å². The van der Waals surface area contributed by atoms with E-state index >= 15 is 0 Å². The van der Waals surface area contributed by atoms with Crippen LogP contribution in [0.4, 0.5) is 5.82 Å². The minimum atomic E-state index is -0.889. The second-order valence-corrected chi connectivity index (χ2v) is 4.88. The molecule has 0 radical (unpaired) electrons. The molecule has 2 unspecified atom stereocenters. The predicted molar refractivity (Wildman–Crippen MR) is 73.9 cm³/mol. The van der Waals surface area contributed by atoms with Crippen LogP contribution in [0.2, 0.25) is 0 Å². The first-order chi connectivity index (χ1) is 10.0. The average molecular weight is 294 g/mol. The van der Waals surface area contributed by atoms with Gasteiger partial charge in [-0.1, -0.05) is 6.92 Å². The Morgan fingerprint density at radius 3 is 2.71 bits per heavy atom. The molecule has 0 aliphatic carbocycles. The number of aliphatic carboxylic acids is 1. The summed E-state index contributed by atoms with van der Waals surface area (Å²) in [6.45, 7) is 3.13. The maximum atomic E-state index is 11.3. The number of aromatic nitrogens is 2. The summed E-state index contributed by atoms with van der Waals surface area (Å²) in [5.41, 5.74) is 5.21. The number of hydrogen-bond donors (Lipinski definition) is 2. The molecule has 2 atom stereocenters. The lowest BCUT2D eigenvalue weighted by molar-refractivity contribution is -0.142. The van der Waals surface area contributed by atoms with Gasteiger partial charge >= 0.3 is 5.97 Å². The van der Waals surface area contributed by atoms with Gasteiger partial charge in [0.25, 0.3) is 5.91 Å². The molecule has 0 aromatic carbocycles. The Labute approximate surface area is 121 Å². The summed E-state index contributed by atoms with van der Waals surface area (Å²) in [6.07, 6.45) is 0.822. The lowest BCUT2D eigenvalue weighted by Crippen LogP contribution is -2.44. The van der Waals surface area contributed by atoms with Crippen molar-refractivity contribution < 1.29 is 19.4 Å². The van der Waals surface area contributed by atoms with E-state index in [1.54, 1.807) is 6.07 Å². The van der Waals surface area contributed by atoms with E-state index in [0.717, 1.165) is 6.42 Å². The summed E-state index contributed by atoms with van der Waals surface area (Å²) < 4.78 is 5.30. The number of amides is 1. The molecule has 21 heavy (non-hydrogen) atoms. The van der Waals surface area contributed by atoms with Gasteiger partial charge in [0, 0.05) is 6.54 Å². The van der Waals surface area contributed by atoms with E-state index in [0.29, 0.717) is 19.0 Å². The summed E-state index contributed by atoms with van der Waals surface area (Å²) in [4.78, 5) is 24.2. The van der Waals surface area contributed by atoms with Gasteiger partial charge in [-0.25, -0.2) is 0 Å². The molecular weight excluding hydrogens is 276 g/mol. The van der Waals surface area contributed by atoms with Gasteiger partial charge in [0.2, 0.25) is 0 Å². The van der Waals surface area contributed by atoms with Crippen LogP contribution in [-0.2, 0) is 9.53 Å². The van der Waals surface area contributed by atoms with E-state index in [9.17, 15) is 14.7 Å². The maximum Gasteiger partial charge on any atom is 0.311 e. The van der Waals surface area contributed by atoms with Gasteiger partial charge in [0.15, 0.2) is 11.5 Å². The molecule has 2 heterocycles. The second kappa shape index (κ2) is 6.49. The number of ether oxygens (including phenoxy) is 1. The molecule has 1 saturated heterocycles. The minimum absolute atomic E-state index is 0.0765. The van der Waals surface area contributed by atoms with Crippen molar-refractivity contribution in [1.29, 1.82) is 0 Å². The Morgan fingerprint density at radius 1 is 1.43 bits per heavy atom. The van der Waals surface area contributed by atoms with E-state index in [2.05, 4.69) is 10.2 Å². The molecule has 0 saturated carbocycles. The summed E-state index contributed by atoms with van der Waals surface area (Å²) in [5.74, 6) is -1.62. The Bertz CT molecular complexity index is 519. The monoisotopic (exact) mass is 294 g/mol. The fraction of sp³-hybridized carbons (Fsp3) is 0.538. The number of nitrogens with two attached hydrogens (primary N) is 1. The molecule has 8 heteroatoms. The number of rotatable bonds is 6. The van der Waals surface area contributed by atoms with E-state index in [4.69, 9.17) is 10.5 Å². The first-order valence-electron chi connectivity index (χ1n) is 6.75. The van der Waals surface area contributed by atoms with Crippen molar-refractivity contribution in [1.82, 2.24) is 10.2 Å². The molecule has 3 N–H and O–H groups in total. The number of carbonyl (C=O) groups is 2. The molecule has 1 aromatic rings. The van der Waals surface area contributed by atoms with Gasteiger partial charge in [-0.05, 0) is 18.6 Å². The normalized spacial score (nSPS) is 21.2. The van der Waals surface area contributed by atoms with Crippen LogP contribution in [0.3, 0.4) is 0 Å². The van der Waals surface area contributed by atoms with Crippen LogP contribution in [0.1, 0.15) is 23.8 Å². The highest BCUT2D eigenvalue weighted by Gasteiger charge is 2.38. The number of carboxylic acids is 1. The highest BCUT2D eigenvalue weighted by Crippen LogP contribution is 2.24. The van der Waals surface area contributed by atoms with Gasteiger partial charge in [-0.3, -0.25) is 9.59 Å². The molecular formula is C13H18N4O4. The zero-order chi connectivity index (χ0) is 15.4. The van der Waals surface area contributed by atoms with Crippen LogP contribution in [0, 0.1) is 5.92 Å². The van der Waals surface area contributed by atoms with Crippen molar-refractivity contribution >= 4 is 17.7 Å². The van der Waals surface area contributed by atoms with Crippen LogP contribution >= 0.6 is 0 Å². The van der Waals surface area contributed by atoms with Crippen molar-refractivity contribution in [3.8, 4) is 0 Å². The van der Waals surface area contributed by atoms with Crippen LogP contribution < -0.4 is 10.6 Å². The lowest BCUT2D eigenvalue weighted by atomic mass is 10.0. The third-order valence-electron chi connectivity index (χ3n) is 3.43. The van der Waals surface area contributed by atoms with E-state index in [1.165, 1.54) is 6.07 Å². The second-order valence-electron chi connectivity index (χ2n) is 4.88. The Kier molecular flexibility index (Phi) is 4.69. The van der Waals surface area contributed by atoms with Crippen LogP contribution in [-0.4, -0.2) is 53.0 Å². The zero-order valence-electron chi connectivity index (χ0n) is 11.7. The number of carboxylic acid groups (broad SMARTS) is 1.